The van der Waals surface area contributed by atoms with E-state index in [0.717, 1.165) is 24.8 Å². The molecule has 1 aliphatic heterocycles. The first-order chi connectivity index (χ1) is 22.8. The lowest BCUT2D eigenvalue weighted by molar-refractivity contribution is -0.0177. The topological polar surface area (TPSA) is 108 Å². The van der Waals surface area contributed by atoms with Gasteiger partial charge in [0.15, 0.2) is 0 Å². The largest absolute Gasteiger partial charge is 0.490 e. The third-order valence-corrected chi connectivity index (χ3v) is 10.7. The van der Waals surface area contributed by atoms with Gasteiger partial charge < -0.3 is 19.5 Å². The van der Waals surface area contributed by atoms with Crippen molar-refractivity contribution in [1.29, 1.82) is 0 Å². The van der Waals surface area contributed by atoms with Crippen LogP contribution in [0.2, 0.25) is 15.1 Å². The van der Waals surface area contributed by atoms with E-state index >= 15 is 0 Å². The smallest absolute Gasteiger partial charge is 0.261 e. The minimum absolute atomic E-state index is 0.0303. The van der Waals surface area contributed by atoms with Crippen molar-refractivity contribution in [1.82, 2.24) is 9.80 Å². The van der Waals surface area contributed by atoms with Crippen LogP contribution in [-0.2, 0) is 21.3 Å². The molecule has 0 saturated heterocycles. The van der Waals surface area contributed by atoms with Crippen molar-refractivity contribution in [2.75, 3.05) is 38.1 Å². The molecule has 1 heterocycles. The van der Waals surface area contributed by atoms with Gasteiger partial charge in [-0.05, 0) is 100 Å². The van der Waals surface area contributed by atoms with Gasteiger partial charge in [-0.1, -0.05) is 47.8 Å². The molecule has 0 unspecified atom stereocenters. The number of amides is 1. The number of benzene rings is 3. The first kappa shape index (κ1) is 38.2. The standard InChI is InChI=1S/C35H44Cl3N3O6S/c1-23-19-41(24(2)22-42)35(43)30-18-28(39-48(44,45)29-12-9-27(36)10-13-29)11-15-33(30)47-25(3)7-5-6-16-46-34(23)21-40(4)20-26-8-14-31(37)32(38)17-26/h8-15,17-18,23-25,34,39,42H,5-7,16,19-22H2,1-4H3/t23-,24+,25-,34+/m1/s1. The SMILES string of the molecule is C[C@@H]1CCCCO[C@@H](CN(C)Cc2ccc(Cl)c(Cl)c2)[C@H](C)CN([C@@H](C)CO)C(=O)c2cc(NS(=O)(=O)c3ccc(Cl)cc3)ccc2O1. The average Bonchev–Trinajstić information content (AvgIpc) is 3.04. The molecule has 4 atom stereocenters. The molecule has 0 aliphatic carbocycles. The molecular weight excluding hydrogens is 697 g/mol. The highest BCUT2D eigenvalue weighted by molar-refractivity contribution is 7.92. The van der Waals surface area contributed by atoms with Gasteiger partial charge in [-0.25, -0.2) is 8.42 Å². The van der Waals surface area contributed by atoms with Crippen LogP contribution in [0.1, 0.15) is 56.0 Å². The second-order valence-corrected chi connectivity index (χ2v) is 15.4. The van der Waals surface area contributed by atoms with Crippen molar-refractivity contribution in [2.24, 2.45) is 5.92 Å². The van der Waals surface area contributed by atoms with E-state index in [1.165, 1.54) is 30.3 Å². The van der Waals surface area contributed by atoms with Gasteiger partial charge in [-0.15, -0.1) is 0 Å². The number of halogens is 3. The molecule has 1 aliphatic rings. The number of hydrogen-bond acceptors (Lipinski definition) is 7. The number of sulfonamides is 1. The van der Waals surface area contributed by atoms with Crippen LogP contribution in [0.4, 0.5) is 5.69 Å². The zero-order valence-electron chi connectivity index (χ0n) is 27.7. The number of nitrogens with one attached hydrogen (secondary N) is 1. The second kappa shape index (κ2) is 17.4. The Morgan fingerprint density at radius 3 is 2.44 bits per heavy atom. The lowest BCUT2D eigenvalue weighted by Gasteiger charge is -2.36. The highest BCUT2D eigenvalue weighted by Gasteiger charge is 2.31. The predicted octanol–water partition coefficient (Wildman–Crippen LogP) is 7.38. The molecule has 0 aromatic heterocycles. The summed E-state index contributed by atoms with van der Waals surface area (Å²) in [6.45, 7) is 7.52. The molecule has 2 N–H and O–H groups in total. The number of fused-ring (bicyclic) bond motifs is 1. The number of likely N-dealkylation sites (N-methyl/N-ethyl adjacent to an activating group) is 1. The number of nitrogens with zero attached hydrogens (tertiary/aromatic N) is 2. The maximum absolute atomic E-state index is 14.4. The Hall–Kier alpha value is -2.57. The Morgan fingerprint density at radius 2 is 1.75 bits per heavy atom. The number of carbonyl (C=O) groups is 1. The Kier molecular flexibility index (Phi) is 13.8. The van der Waals surface area contributed by atoms with Gasteiger partial charge >= 0.3 is 0 Å². The third kappa shape index (κ3) is 10.5. The van der Waals surface area contributed by atoms with E-state index in [1.807, 2.05) is 33.0 Å². The summed E-state index contributed by atoms with van der Waals surface area (Å²) in [7, 11) is -1.97. The summed E-state index contributed by atoms with van der Waals surface area (Å²) in [5, 5.41) is 11.6. The Labute approximate surface area is 299 Å². The molecule has 1 amide bonds. The highest BCUT2D eigenvalue weighted by Crippen LogP contribution is 2.30. The minimum Gasteiger partial charge on any atom is -0.490 e. The molecule has 4 rings (SSSR count). The first-order valence-electron chi connectivity index (χ1n) is 16.0. The van der Waals surface area contributed by atoms with Crippen LogP contribution in [-0.4, -0.2) is 80.8 Å². The lowest BCUT2D eigenvalue weighted by atomic mass is 10.0. The van der Waals surface area contributed by atoms with E-state index in [9.17, 15) is 18.3 Å². The second-order valence-electron chi connectivity index (χ2n) is 12.5. The number of aliphatic hydroxyl groups is 1. The number of aliphatic hydroxyl groups excluding tert-OH is 1. The summed E-state index contributed by atoms with van der Waals surface area (Å²) >= 11 is 18.3. The van der Waals surface area contributed by atoms with E-state index in [0.29, 0.717) is 40.5 Å². The molecule has 13 heteroatoms. The molecule has 3 aromatic carbocycles. The average molecular weight is 741 g/mol. The Morgan fingerprint density at radius 1 is 1.02 bits per heavy atom. The summed E-state index contributed by atoms with van der Waals surface area (Å²) in [6.07, 6.45) is 1.98. The van der Waals surface area contributed by atoms with E-state index < -0.39 is 22.0 Å². The van der Waals surface area contributed by atoms with Crippen LogP contribution in [0.3, 0.4) is 0 Å². The van der Waals surface area contributed by atoms with Gasteiger partial charge in [-0.3, -0.25) is 14.4 Å². The first-order valence-corrected chi connectivity index (χ1v) is 18.6. The third-order valence-electron chi connectivity index (χ3n) is 8.36. The zero-order valence-corrected chi connectivity index (χ0v) is 30.7. The van der Waals surface area contributed by atoms with Crippen LogP contribution in [0, 0.1) is 5.92 Å². The van der Waals surface area contributed by atoms with Crippen LogP contribution < -0.4 is 9.46 Å². The van der Waals surface area contributed by atoms with E-state index in [-0.39, 0.29) is 47.4 Å². The quantitative estimate of drug-likeness (QED) is 0.236. The normalized spacial score (nSPS) is 20.5. The maximum atomic E-state index is 14.4. The number of anilines is 1. The van der Waals surface area contributed by atoms with Crippen molar-refractivity contribution >= 4 is 56.4 Å². The van der Waals surface area contributed by atoms with Crippen molar-refractivity contribution in [3.63, 3.8) is 0 Å². The van der Waals surface area contributed by atoms with Crippen molar-refractivity contribution in [2.45, 2.75) is 69.7 Å². The van der Waals surface area contributed by atoms with Gasteiger partial charge in [0.1, 0.15) is 5.75 Å². The molecule has 48 heavy (non-hydrogen) atoms. The lowest BCUT2D eigenvalue weighted by Crippen LogP contribution is -2.47. The summed E-state index contributed by atoms with van der Waals surface area (Å²) in [6, 6.07) is 15.5. The summed E-state index contributed by atoms with van der Waals surface area (Å²) in [5.41, 5.74) is 1.40. The van der Waals surface area contributed by atoms with E-state index in [4.69, 9.17) is 44.3 Å². The van der Waals surface area contributed by atoms with Crippen LogP contribution in [0.25, 0.3) is 0 Å². The molecule has 0 spiro atoms. The fourth-order valence-electron chi connectivity index (χ4n) is 5.60. The van der Waals surface area contributed by atoms with Crippen LogP contribution >= 0.6 is 34.8 Å². The van der Waals surface area contributed by atoms with E-state index in [2.05, 4.69) is 9.62 Å². The number of hydrogen-bond donors (Lipinski definition) is 2. The molecule has 0 saturated carbocycles. The highest BCUT2D eigenvalue weighted by atomic mass is 35.5. The zero-order chi connectivity index (χ0) is 35.0. The summed E-state index contributed by atoms with van der Waals surface area (Å²) in [4.78, 5) is 18.2. The molecule has 262 valence electrons. The number of rotatable bonds is 9. The maximum Gasteiger partial charge on any atom is 0.261 e. The van der Waals surface area contributed by atoms with Gasteiger partial charge in [0.25, 0.3) is 15.9 Å². The van der Waals surface area contributed by atoms with E-state index in [1.54, 1.807) is 30.0 Å². The Bertz CT molecular complexity index is 1640. The molecule has 3 aromatic rings. The number of ether oxygens (including phenoxy) is 2. The molecule has 9 nitrogen and oxygen atoms in total. The summed E-state index contributed by atoms with van der Waals surface area (Å²) in [5.74, 6) is -0.175. The Balaban J connectivity index is 1.63. The molecule has 0 bridgehead atoms. The van der Waals surface area contributed by atoms with Crippen LogP contribution in [0.5, 0.6) is 5.75 Å². The molecule has 0 radical (unpaired) electrons. The summed E-state index contributed by atoms with van der Waals surface area (Å²) < 4.78 is 41.7. The predicted molar refractivity (Wildman–Crippen MR) is 192 cm³/mol. The van der Waals surface area contributed by atoms with Crippen molar-refractivity contribution in [3.05, 3.63) is 86.9 Å². The van der Waals surface area contributed by atoms with Gasteiger partial charge in [0.2, 0.25) is 0 Å². The molecular formula is C35H44Cl3N3O6S. The molecule has 0 fully saturated rings. The fraction of sp³-hybridized carbons (Fsp3) is 0.457. The van der Waals surface area contributed by atoms with Gasteiger partial charge in [0.05, 0.1) is 45.4 Å². The minimum atomic E-state index is -3.97. The number of carbonyl (C=O) groups excluding carboxylic acids is 1. The van der Waals surface area contributed by atoms with Gasteiger partial charge in [0, 0.05) is 42.9 Å². The van der Waals surface area contributed by atoms with Gasteiger partial charge in [-0.2, -0.15) is 0 Å². The van der Waals surface area contributed by atoms with Crippen molar-refractivity contribution in [3.8, 4) is 5.75 Å². The fourth-order valence-corrected chi connectivity index (χ4v) is 7.09. The van der Waals surface area contributed by atoms with Crippen LogP contribution in [0.15, 0.2) is 65.6 Å². The van der Waals surface area contributed by atoms with Crippen molar-refractivity contribution < 1.29 is 27.8 Å². The monoisotopic (exact) mass is 739 g/mol.